The van der Waals surface area contributed by atoms with Gasteiger partial charge >= 0.3 is 12.1 Å². The summed E-state index contributed by atoms with van der Waals surface area (Å²) in [6.45, 7) is 15.6. The van der Waals surface area contributed by atoms with Gasteiger partial charge in [-0.3, -0.25) is 14.4 Å². The van der Waals surface area contributed by atoms with Crippen molar-refractivity contribution >= 4 is 29.4 Å². The molecule has 0 spiro atoms. The second-order valence-electron chi connectivity index (χ2n) is 11.8. The molecule has 2 amide bonds. The zero-order chi connectivity index (χ0) is 28.7. The van der Waals surface area contributed by atoms with E-state index in [0.717, 1.165) is 0 Å². The van der Waals surface area contributed by atoms with E-state index in [9.17, 15) is 28.7 Å². The third-order valence-electron chi connectivity index (χ3n) is 6.29. The van der Waals surface area contributed by atoms with E-state index in [1.54, 1.807) is 47.6 Å². The number of aliphatic carboxylic acids is 1. The van der Waals surface area contributed by atoms with Crippen molar-refractivity contribution in [1.29, 1.82) is 0 Å². The Labute approximate surface area is 219 Å². The Bertz CT molecular complexity index is 983. The van der Waals surface area contributed by atoms with Crippen LogP contribution in [0.15, 0.2) is 18.2 Å². The zero-order valence-electron chi connectivity index (χ0n) is 23.5. The molecule has 0 aliphatic heterocycles. The van der Waals surface area contributed by atoms with Crippen molar-refractivity contribution in [2.45, 2.75) is 93.2 Å². The fourth-order valence-corrected chi connectivity index (χ4v) is 3.63. The molecular formula is C28H43FN2O6. The van der Waals surface area contributed by atoms with Gasteiger partial charge in [0.2, 0.25) is 5.91 Å². The van der Waals surface area contributed by atoms with E-state index in [-0.39, 0.29) is 42.6 Å². The number of anilines is 1. The fraction of sp³-hybridized carbons (Fsp3) is 0.643. The Morgan fingerprint density at radius 1 is 1.03 bits per heavy atom. The molecule has 8 nitrogen and oxygen atoms in total. The number of hydrogen-bond donors (Lipinski definition) is 3. The maximum Gasteiger partial charge on any atom is 0.407 e. The maximum atomic E-state index is 14.9. The van der Waals surface area contributed by atoms with Gasteiger partial charge in [-0.1, -0.05) is 33.8 Å². The van der Waals surface area contributed by atoms with Crippen LogP contribution in [0.1, 0.15) is 80.7 Å². The van der Waals surface area contributed by atoms with Crippen LogP contribution in [0.5, 0.6) is 0 Å². The minimum atomic E-state index is -1.15. The Kier molecular flexibility index (Phi) is 11.3. The Morgan fingerprint density at radius 3 is 2.11 bits per heavy atom. The van der Waals surface area contributed by atoms with Crippen LogP contribution in [0.3, 0.4) is 0 Å². The van der Waals surface area contributed by atoms with Crippen molar-refractivity contribution in [3.63, 3.8) is 0 Å². The Balaban J connectivity index is 2.97. The van der Waals surface area contributed by atoms with Crippen LogP contribution in [-0.2, 0) is 25.5 Å². The number of alkyl carbamates (subject to hydrolysis) is 1. The average Bonchev–Trinajstić information content (AvgIpc) is 2.72. The molecule has 1 aromatic carbocycles. The molecule has 1 rings (SSSR count). The number of carboxylic acids is 1. The summed E-state index contributed by atoms with van der Waals surface area (Å²) in [6.07, 6.45) is -0.387. The first-order valence-electron chi connectivity index (χ1n) is 12.7. The molecule has 0 heterocycles. The lowest BCUT2D eigenvalue weighted by Gasteiger charge is -2.28. The first-order chi connectivity index (χ1) is 16.8. The van der Waals surface area contributed by atoms with Crippen molar-refractivity contribution < 1.29 is 33.4 Å². The summed E-state index contributed by atoms with van der Waals surface area (Å²) in [5.74, 6) is -2.78. The molecule has 0 saturated heterocycles. The predicted octanol–water partition coefficient (Wildman–Crippen LogP) is 5.59. The quantitative estimate of drug-likeness (QED) is 0.329. The lowest BCUT2D eigenvalue weighted by Crippen LogP contribution is -2.43. The number of Topliss-reactive ketones (excluding diaryl/α,β-unsaturated/α-hetero) is 1. The number of amides is 2. The summed E-state index contributed by atoms with van der Waals surface area (Å²) in [5, 5.41) is 14.8. The van der Waals surface area contributed by atoms with Crippen molar-refractivity contribution in [3.05, 3.63) is 29.6 Å². The van der Waals surface area contributed by atoms with Crippen molar-refractivity contribution in [2.75, 3.05) is 5.32 Å². The molecule has 0 unspecified atom stereocenters. The van der Waals surface area contributed by atoms with Crippen LogP contribution in [-0.4, -0.2) is 40.5 Å². The van der Waals surface area contributed by atoms with E-state index in [4.69, 9.17) is 4.74 Å². The van der Waals surface area contributed by atoms with Crippen LogP contribution in [0.4, 0.5) is 14.9 Å². The van der Waals surface area contributed by atoms with Crippen LogP contribution in [0.25, 0.3) is 0 Å². The number of nitrogens with one attached hydrogen (secondary N) is 2. The van der Waals surface area contributed by atoms with Gasteiger partial charge in [-0.2, -0.15) is 0 Å². The Hall–Kier alpha value is -2.97. The monoisotopic (exact) mass is 522 g/mol. The first kappa shape index (κ1) is 32.1. The zero-order valence-corrected chi connectivity index (χ0v) is 23.5. The van der Waals surface area contributed by atoms with Crippen LogP contribution >= 0.6 is 0 Å². The van der Waals surface area contributed by atoms with Crippen molar-refractivity contribution in [3.8, 4) is 0 Å². The summed E-state index contributed by atoms with van der Waals surface area (Å²) in [7, 11) is 0. The van der Waals surface area contributed by atoms with Gasteiger partial charge in [-0.25, -0.2) is 9.18 Å². The van der Waals surface area contributed by atoms with Crippen LogP contribution in [0.2, 0.25) is 0 Å². The number of ketones is 1. The van der Waals surface area contributed by atoms with Gasteiger partial charge in [-0.05, 0) is 71.1 Å². The van der Waals surface area contributed by atoms with Crippen molar-refractivity contribution in [2.24, 2.45) is 23.2 Å². The normalized spacial score (nSPS) is 14.5. The lowest BCUT2D eigenvalue weighted by atomic mass is 9.84. The second-order valence-corrected chi connectivity index (χ2v) is 11.8. The van der Waals surface area contributed by atoms with E-state index in [1.807, 2.05) is 20.8 Å². The second kappa shape index (κ2) is 13.0. The van der Waals surface area contributed by atoms with Gasteiger partial charge in [0.05, 0.1) is 11.1 Å². The topological polar surface area (TPSA) is 122 Å². The molecule has 37 heavy (non-hydrogen) atoms. The number of carbonyl (C=O) groups excluding carboxylic acids is 3. The molecule has 0 aromatic heterocycles. The number of rotatable bonds is 12. The van der Waals surface area contributed by atoms with Gasteiger partial charge in [0, 0.05) is 24.3 Å². The SMILES string of the molecule is CC(C)[C@H](C)C(=O)C[C@@H](C)C(=O)Nc1ccc(C[C@@H](CC(C)(C)C(=O)O)NC(=O)OC(C)(C)C)cc1F. The summed E-state index contributed by atoms with van der Waals surface area (Å²) in [4.78, 5) is 48.9. The lowest BCUT2D eigenvalue weighted by molar-refractivity contribution is -0.147. The van der Waals surface area contributed by atoms with Gasteiger partial charge in [0.15, 0.2) is 0 Å². The molecule has 0 aliphatic rings. The summed E-state index contributed by atoms with van der Waals surface area (Å²) < 4.78 is 20.2. The molecule has 208 valence electrons. The van der Waals surface area contributed by atoms with E-state index in [0.29, 0.717) is 5.56 Å². The maximum absolute atomic E-state index is 14.9. The smallest absolute Gasteiger partial charge is 0.407 e. The Morgan fingerprint density at radius 2 is 1.62 bits per heavy atom. The van der Waals surface area contributed by atoms with E-state index >= 15 is 0 Å². The minimum absolute atomic E-state index is 0.0127. The van der Waals surface area contributed by atoms with Gasteiger partial charge < -0.3 is 20.5 Å². The molecule has 3 atom stereocenters. The first-order valence-corrected chi connectivity index (χ1v) is 12.7. The summed E-state index contributed by atoms with van der Waals surface area (Å²) >= 11 is 0. The third-order valence-corrected chi connectivity index (χ3v) is 6.29. The molecule has 3 N–H and O–H groups in total. The summed E-state index contributed by atoms with van der Waals surface area (Å²) in [5.41, 5.74) is -1.40. The number of carbonyl (C=O) groups is 4. The number of ether oxygens (including phenoxy) is 1. The largest absolute Gasteiger partial charge is 0.481 e. The fourth-order valence-electron chi connectivity index (χ4n) is 3.63. The molecule has 0 radical (unpaired) electrons. The molecule has 0 fully saturated rings. The number of hydrogen-bond acceptors (Lipinski definition) is 5. The average molecular weight is 523 g/mol. The van der Waals surface area contributed by atoms with Crippen molar-refractivity contribution in [1.82, 2.24) is 5.32 Å². The van der Waals surface area contributed by atoms with E-state index in [1.165, 1.54) is 12.1 Å². The predicted molar refractivity (Wildman–Crippen MR) is 141 cm³/mol. The molecule has 0 saturated carbocycles. The summed E-state index contributed by atoms with van der Waals surface area (Å²) in [6, 6.07) is 3.62. The minimum Gasteiger partial charge on any atom is -0.481 e. The highest BCUT2D eigenvalue weighted by atomic mass is 19.1. The highest BCUT2D eigenvalue weighted by Gasteiger charge is 2.32. The number of benzene rings is 1. The van der Waals surface area contributed by atoms with Crippen LogP contribution < -0.4 is 10.6 Å². The molecule has 0 aliphatic carbocycles. The number of halogens is 1. The molecule has 1 aromatic rings. The molecule has 0 bridgehead atoms. The van der Waals surface area contributed by atoms with Gasteiger partial charge in [0.1, 0.15) is 17.2 Å². The van der Waals surface area contributed by atoms with E-state index in [2.05, 4.69) is 10.6 Å². The van der Waals surface area contributed by atoms with E-state index < -0.39 is 46.8 Å². The highest BCUT2D eigenvalue weighted by Crippen LogP contribution is 2.26. The van der Waals surface area contributed by atoms with Gasteiger partial charge in [-0.15, -0.1) is 0 Å². The van der Waals surface area contributed by atoms with Crippen LogP contribution in [0, 0.1) is 29.0 Å². The standard InChI is InChI=1S/C28H43FN2O6/c1-16(2)18(4)23(32)12-17(3)24(33)31-22-11-10-19(14-21(22)29)13-20(15-28(8,9)25(34)35)30-26(36)37-27(5,6)7/h10-11,14,16-18,20H,12-13,15H2,1-9H3,(H,30,36)(H,31,33)(H,34,35)/t17-,18+,20+/m1/s1. The third kappa shape index (κ3) is 10.9. The van der Waals surface area contributed by atoms with Gasteiger partial charge in [0.25, 0.3) is 0 Å². The highest BCUT2D eigenvalue weighted by molar-refractivity contribution is 5.95. The number of carboxylic acid groups (broad SMARTS) is 1. The molecule has 9 heteroatoms. The molecular weight excluding hydrogens is 479 g/mol.